The fourth-order valence-electron chi connectivity index (χ4n) is 2.37. The molecule has 20 heavy (non-hydrogen) atoms. The average molecular weight is 276 g/mol. The molecule has 4 nitrogen and oxygen atoms in total. The van der Waals surface area contributed by atoms with Crippen LogP contribution in [0.3, 0.4) is 0 Å². The zero-order chi connectivity index (χ0) is 14.2. The van der Waals surface area contributed by atoms with Gasteiger partial charge in [-0.05, 0) is 43.5 Å². The predicted octanol–water partition coefficient (Wildman–Crippen LogP) is 2.55. The molecule has 4 heteroatoms. The first-order valence-electron chi connectivity index (χ1n) is 7.48. The maximum Gasteiger partial charge on any atom is 0.227 e. The number of carbonyl (C=O) groups excluding carboxylic acids is 1. The Kier molecular flexibility index (Phi) is 6.02. The van der Waals surface area contributed by atoms with Crippen LogP contribution >= 0.6 is 0 Å². The minimum absolute atomic E-state index is 0.0885. The van der Waals surface area contributed by atoms with E-state index in [2.05, 4.69) is 23.6 Å². The van der Waals surface area contributed by atoms with E-state index in [-0.39, 0.29) is 11.8 Å². The minimum atomic E-state index is 0.0885. The smallest absolute Gasteiger partial charge is 0.227 e. The van der Waals surface area contributed by atoms with E-state index in [1.807, 2.05) is 18.2 Å². The van der Waals surface area contributed by atoms with Gasteiger partial charge < -0.3 is 15.4 Å². The van der Waals surface area contributed by atoms with Gasteiger partial charge in [0.05, 0.1) is 0 Å². The van der Waals surface area contributed by atoms with Crippen molar-refractivity contribution >= 4 is 11.6 Å². The first kappa shape index (κ1) is 15.0. The van der Waals surface area contributed by atoms with Crippen LogP contribution in [-0.4, -0.2) is 25.7 Å². The van der Waals surface area contributed by atoms with E-state index in [9.17, 15) is 4.79 Å². The van der Waals surface area contributed by atoms with E-state index < -0.39 is 0 Å². The second-order valence-corrected chi connectivity index (χ2v) is 5.25. The van der Waals surface area contributed by atoms with E-state index in [1.165, 1.54) is 5.56 Å². The molecule has 0 aromatic heterocycles. The molecule has 0 saturated carbocycles. The fourth-order valence-corrected chi connectivity index (χ4v) is 2.37. The fraction of sp³-hybridized carbons (Fsp3) is 0.562. The summed E-state index contributed by atoms with van der Waals surface area (Å²) in [5.74, 6) is 0.206. The molecule has 0 bridgehead atoms. The first-order chi connectivity index (χ1) is 9.79. The summed E-state index contributed by atoms with van der Waals surface area (Å²) in [5.41, 5.74) is 2.08. The summed E-state index contributed by atoms with van der Waals surface area (Å²) < 4.78 is 5.29. The van der Waals surface area contributed by atoms with Crippen LogP contribution in [0.1, 0.15) is 31.7 Å². The summed E-state index contributed by atoms with van der Waals surface area (Å²) in [5, 5.41) is 6.39. The molecule has 0 atom stereocenters. The van der Waals surface area contributed by atoms with Gasteiger partial charge in [-0.1, -0.05) is 19.1 Å². The van der Waals surface area contributed by atoms with Crippen molar-refractivity contribution in [3.8, 4) is 0 Å². The quantitative estimate of drug-likeness (QED) is 0.785. The molecule has 0 spiro atoms. The Morgan fingerprint density at radius 3 is 2.90 bits per heavy atom. The minimum Gasteiger partial charge on any atom is -0.381 e. The second kappa shape index (κ2) is 8.02. The van der Waals surface area contributed by atoms with Crippen molar-refractivity contribution in [2.24, 2.45) is 5.92 Å². The van der Waals surface area contributed by atoms with E-state index in [0.717, 1.165) is 38.0 Å². The molecule has 1 saturated heterocycles. The van der Waals surface area contributed by atoms with Gasteiger partial charge in [0.2, 0.25) is 5.91 Å². The molecule has 1 aromatic rings. The highest BCUT2D eigenvalue weighted by Gasteiger charge is 2.21. The van der Waals surface area contributed by atoms with Crippen LogP contribution in [0.4, 0.5) is 5.69 Å². The Hall–Kier alpha value is -1.39. The molecular formula is C16H24N2O2. The third kappa shape index (κ3) is 4.62. The Morgan fingerprint density at radius 2 is 2.15 bits per heavy atom. The van der Waals surface area contributed by atoms with Gasteiger partial charge in [-0.2, -0.15) is 0 Å². The van der Waals surface area contributed by atoms with Crippen LogP contribution in [0, 0.1) is 5.92 Å². The number of nitrogens with one attached hydrogen (secondary N) is 2. The van der Waals surface area contributed by atoms with Crippen molar-refractivity contribution in [2.45, 2.75) is 32.7 Å². The van der Waals surface area contributed by atoms with E-state index >= 15 is 0 Å². The number of ether oxygens (including phenoxy) is 1. The van der Waals surface area contributed by atoms with Crippen molar-refractivity contribution in [1.82, 2.24) is 5.32 Å². The monoisotopic (exact) mass is 276 g/mol. The van der Waals surface area contributed by atoms with Crippen molar-refractivity contribution in [1.29, 1.82) is 0 Å². The lowest BCUT2D eigenvalue weighted by Crippen LogP contribution is -2.28. The molecule has 1 fully saturated rings. The molecule has 1 heterocycles. The normalized spacial score (nSPS) is 16.1. The maximum atomic E-state index is 12.2. The molecular weight excluding hydrogens is 252 g/mol. The molecule has 0 radical (unpaired) electrons. The van der Waals surface area contributed by atoms with E-state index in [1.54, 1.807) is 0 Å². The summed E-state index contributed by atoms with van der Waals surface area (Å²) in [6.45, 7) is 5.39. The number of amides is 1. The van der Waals surface area contributed by atoms with Gasteiger partial charge in [0.1, 0.15) is 0 Å². The molecule has 2 N–H and O–H groups in total. The Balaban J connectivity index is 1.88. The number of rotatable bonds is 6. The summed E-state index contributed by atoms with van der Waals surface area (Å²) >= 11 is 0. The highest BCUT2D eigenvalue weighted by Crippen LogP contribution is 2.18. The number of hydrogen-bond acceptors (Lipinski definition) is 3. The highest BCUT2D eigenvalue weighted by atomic mass is 16.5. The number of benzene rings is 1. The summed E-state index contributed by atoms with van der Waals surface area (Å²) in [4.78, 5) is 12.2. The Bertz CT molecular complexity index is 428. The summed E-state index contributed by atoms with van der Waals surface area (Å²) in [6, 6.07) is 8.05. The van der Waals surface area contributed by atoms with Crippen LogP contribution in [0.2, 0.25) is 0 Å². The van der Waals surface area contributed by atoms with Crippen molar-refractivity contribution in [2.75, 3.05) is 25.1 Å². The lowest BCUT2D eigenvalue weighted by Gasteiger charge is -2.21. The van der Waals surface area contributed by atoms with Crippen molar-refractivity contribution in [3.63, 3.8) is 0 Å². The van der Waals surface area contributed by atoms with Crippen LogP contribution in [0.15, 0.2) is 24.3 Å². The van der Waals surface area contributed by atoms with Gasteiger partial charge in [-0.15, -0.1) is 0 Å². The van der Waals surface area contributed by atoms with Crippen LogP contribution in [0.25, 0.3) is 0 Å². The summed E-state index contributed by atoms with van der Waals surface area (Å²) in [7, 11) is 0. The Labute approximate surface area is 120 Å². The number of hydrogen-bond donors (Lipinski definition) is 2. The lowest BCUT2D eigenvalue weighted by molar-refractivity contribution is -0.122. The SMILES string of the molecule is CCCNCc1cccc(NC(=O)C2CCOCC2)c1. The second-order valence-electron chi connectivity index (χ2n) is 5.25. The van der Waals surface area contributed by atoms with E-state index in [0.29, 0.717) is 13.2 Å². The highest BCUT2D eigenvalue weighted by molar-refractivity contribution is 5.92. The standard InChI is InChI=1S/C16H24N2O2/c1-2-8-17-12-13-4-3-5-15(11-13)18-16(19)14-6-9-20-10-7-14/h3-5,11,14,17H,2,6-10,12H2,1H3,(H,18,19). The van der Waals surface area contributed by atoms with Gasteiger partial charge in [0.25, 0.3) is 0 Å². The average Bonchev–Trinajstić information content (AvgIpc) is 2.49. The maximum absolute atomic E-state index is 12.2. The topological polar surface area (TPSA) is 50.4 Å². The zero-order valence-corrected chi connectivity index (χ0v) is 12.2. The Morgan fingerprint density at radius 1 is 1.35 bits per heavy atom. The molecule has 1 aromatic carbocycles. The van der Waals surface area contributed by atoms with Crippen LogP contribution < -0.4 is 10.6 Å². The van der Waals surface area contributed by atoms with E-state index in [4.69, 9.17) is 4.74 Å². The molecule has 1 aliphatic heterocycles. The molecule has 0 aliphatic carbocycles. The number of carbonyl (C=O) groups is 1. The zero-order valence-electron chi connectivity index (χ0n) is 12.2. The first-order valence-corrected chi connectivity index (χ1v) is 7.48. The van der Waals surface area contributed by atoms with Crippen molar-refractivity contribution < 1.29 is 9.53 Å². The summed E-state index contributed by atoms with van der Waals surface area (Å²) in [6.07, 6.45) is 2.77. The molecule has 2 rings (SSSR count). The molecule has 1 amide bonds. The van der Waals surface area contributed by atoms with Gasteiger partial charge >= 0.3 is 0 Å². The third-order valence-corrected chi connectivity index (χ3v) is 3.54. The van der Waals surface area contributed by atoms with Gasteiger partial charge in [0.15, 0.2) is 0 Å². The molecule has 0 unspecified atom stereocenters. The molecule has 1 aliphatic rings. The van der Waals surface area contributed by atoms with Crippen molar-refractivity contribution in [3.05, 3.63) is 29.8 Å². The lowest BCUT2D eigenvalue weighted by atomic mass is 9.99. The van der Waals surface area contributed by atoms with Gasteiger partial charge in [-0.3, -0.25) is 4.79 Å². The largest absolute Gasteiger partial charge is 0.381 e. The predicted molar refractivity (Wildman–Crippen MR) is 80.6 cm³/mol. The van der Waals surface area contributed by atoms with Crippen LogP contribution in [0.5, 0.6) is 0 Å². The van der Waals surface area contributed by atoms with Gasteiger partial charge in [-0.25, -0.2) is 0 Å². The third-order valence-electron chi connectivity index (χ3n) is 3.54. The van der Waals surface area contributed by atoms with Gasteiger partial charge in [0, 0.05) is 31.4 Å². The van der Waals surface area contributed by atoms with Crippen LogP contribution in [-0.2, 0) is 16.1 Å². The number of anilines is 1. The molecule has 110 valence electrons.